The maximum Gasteiger partial charge on any atom is 0.191 e. The molecule has 4 heteroatoms. The van der Waals surface area contributed by atoms with E-state index in [-0.39, 0.29) is 17.2 Å². The number of methoxy groups -OCH3 is 1. The van der Waals surface area contributed by atoms with Gasteiger partial charge in [-0.25, -0.2) is 4.39 Å². The summed E-state index contributed by atoms with van der Waals surface area (Å²) in [6, 6.07) is 3.96. The molecule has 0 saturated heterocycles. The second kappa shape index (κ2) is 6.50. The van der Waals surface area contributed by atoms with Crippen LogP contribution in [0.1, 0.15) is 37.0 Å². The average Bonchev–Trinajstić information content (AvgIpc) is 2.39. The van der Waals surface area contributed by atoms with Crippen LogP contribution in [0.15, 0.2) is 18.2 Å². The molecular weight excluding hydrogens is 235 g/mol. The Bertz CT molecular complexity index is 414. The van der Waals surface area contributed by atoms with E-state index < -0.39 is 17.7 Å². The van der Waals surface area contributed by atoms with Gasteiger partial charge >= 0.3 is 0 Å². The number of benzene rings is 1. The summed E-state index contributed by atoms with van der Waals surface area (Å²) in [5, 5.41) is 9.95. The summed E-state index contributed by atoms with van der Waals surface area (Å²) in [7, 11) is 1.36. The lowest BCUT2D eigenvalue weighted by Crippen LogP contribution is -2.29. The molecule has 1 aromatic rings. The van der Waals surface area contributed by atoms with Gasteiger partial charge in [0.2, 0.25) is 0 Å². The first-order valence-corrected chi connectivity index (χ1v) is 6.10. The van der Waals surface area contributed by atoms with Gasteiger partial charge in [0.1, 0.15) is 6.10 Å². The van der Waals surface area contributed by atoms with Gasteiger partial charge < -0.3 is 9.84 Å². The van der Waals surface area contributed by atoms with Crippen LogP contribution in [0.4, 0.5) is 4.39 Å². The van der Waals surface area contributed by atoms with Gasteiger partial charge in [0.05, 0.1) is 7.11 Å². The van der Waals surface area contributed by atoms with Crippen molar-refractivity contribution >= 4 is 5.78 Å². The van der Waals surface area contributed by atoms with Crippen LogP contribution in [0.3, 0.4) is 0 Å². The Hall–Kier alpha value is -1.42. The van der Waals surface area contributed by atoms with Crippen LogP contribution >= 0.6 is 0 Å². The Morgan fingerprint density at radius 2 is 2.00 bits per heavy atom. The number of halogens is 1. The number of carbonyl (C=O) groups excluding carboxylic acids is 1. The Morgan fingerprint density at radius 1 is 1.39 bits per heavy atom. The largest absolute Gasteiger partial charge is 0.494 e. The minimum Gasteiger partial charge on any atom is -0.494 e. The minimum atomic E-state index is -1.08. The molecule has 1 rings (SSSR count). The number of ketones is 1. The fraction of sp³-hybridized carbons (Fsp3) is 0.500. The monoisotopic (exact) mass is 254 g/mol. The number of aliphatic hydroxyl groups excluding tert-OH is 1. The van der Waals surface area contributed by atoms with Gasteiger partial charge in [-0.1, -0.05) is 26.7 Å². The number of rotatable bonds is 6. The predicted octanol–water partition coefficient (Wildman–Crippen LogP) is 2.81. The van der Waals surface area contributed by atoms with Gasteiger partial charge in [-0.2, -0.15) is 0 Å². The summed E-state index contributed by atoms with van der Waals surface area (Å²) in [6.45, 7) is 3.83. The zero-order valence-electron chi connectivity index (χ0n) is 10.9. The first-order valence-electron chi connectivity index (χ1n) is 6.10. The number of Topliss-reactive ketones (excluding diaryl/α,β-unsaturated/α-hetero) is 1. The second-order valence-electron chi connectivity index (χ2n) is 4.23. The zero-order valence-corrected chi connectivity index (χ0v) is 10.9. The Kier molecular flexibility index (Phi) is 5.28. The van der Waals surface area contributed by atoms with Gasteiger partial charge in [0.25, 0.3) is 0 Å². The van der Waals surface area contributed by atoms with E-state index in [1.54, 1.807) is 0 Å². The third-order valence-electron chi connectivity index (χ3n) is 3.20. The molecule has 3 nitrogen and oxygen atoms in total. The standard InChI is InChI=1S/C14H19FO3/c1-4-9(5-2)13(16)14(17)10-6-7-12(18-3)11(15)8-10/h6-9,13,16H,4-5H2,1-3H3. The molecule has 100 valence electrons. The van der Waals surface area contributed by atoms with Gasteiger partial charge in [-0.3, -0.25) is 4.79 Å². The third-order valence-corrected chi connectivity index (χ3v) is 3.20. The molecule has 0 fully saturated rings. The Labute approximate surface area is 107 Å². The smallest absolute Gasteiger partial charge is 0.191 e. The molecule has 0 amide bonds. The molecule has 0 aliphatic rings. The van der Waals surface area contributed by atoms with Crippen molar-refractivity contribution in [2.45, 2.75) is 32.8 Å². The predicted molar refractivity (Wildman–Crippen MR) is 67.4 cm³/mol. The average molecular weight is 254 g/mol. The van der Waals surface area contributed by atoms with Crippen molar-refractivity contribution in [2.75, 3.05) is 7.11 Å². The Morgan fingerprint density at radius 3 is 2.44 bits per heavy atom. The maximum absolute atomic E-state index is 13.5. The number of aliphatic hydroxyl groups is 1. The molecule has 0 aliphatic heterocycles. The highest BCUT2D eigenvalue weighted by Gasteiger charge is 2.25. The highest BCUT2D eigenvalue weighted by Crippen LogP contribution is 2.21. The topological polar surface area (TPSA) is 46.5 Å². The maximum atomic E-state index is 13.5. The number of ether oxygens (including phenoxy) is 1. The molecule has 0 radical (unpaired) electrons. The lowest BCUT2D eigenvalue weighted by Gasteiger charge is -2.18. The van der Waals surface area contributed by atoms with Crippen molar-refractivity contribution in [1.29, 1.82) is 0 Å². The van der Waals surface area contributed by atoms with Crippen LogP contribution < -0.4 is 4.74 Å². The first-order chi connectivity index (χ1) is 8.54. The van der Waals surface area contributed by atoms with E-state index in [1.165, 1.54) is 19.2 Å². The van der Waals surface area contributed by atoms with Crippen molar-refractivity contribution in [3.8, 4) is 5.75 Å². The van der Waals surface area contributed by atoms with Crippen molar-refractivity contribution in [2.24, 2.45) is 5.92 Å². The van der Waals surface area contributed by atoms with Crippen LogP contribution in [0.25, 0.3) is 0 Å². The van der Waals surface area contributed by atoms with Crippen molar-refractivity contribution in [1.82, 2.24) is 0 Å². The van der Waals surface area contributed by atoms with E-state index in [1.807, 2.05) is 13.8 Å². The van der Waals surface area contributed by atoms with E-state index >= 15 is 0 Å². The lowest BCUT2D eigenvalue weighted by atomic mass is 9.91. The SMILES string of the molecule is CCC(CC)C(O)C(=O)c1ccc(OC)c(F)c1. The molecule has 0 bridgehead atoms. The van der Waals surface area contributed by atoms with Crippen LogP contribution in [0.5, 0.6) is 5.75 Å². The van der Waals surface area contributed by atoms with Gasteiger partial charge in [0, 0.05) is 5.56 Å². The summed E-state index contributed by atoms with van der Waals surface area (Å²) in [5.41, 5.74) is 0.174. The van der Waals surface area contributed by atoms with Crippen molar-refractivity contribution in [3.63, 3.8) is 0 Å². The van der Waals surface area contributed by atoms with Crippen LogP contribution in [-0.2, 0) is 0 Å². The van der Waals surface area contributed by atoms with Crippen LogP contribution in [0, 0.1) is 11.7 Å². The number of hydrogen-bond acceptors (Lipinski definition) is 3. The Balaban J connectivity index is 2.93. The summed E-state index contributed by atoms with van der Waals surface area (Å²) in [4.78, 5) is 12.0. The lowest BCUT2D eigenvalue weighted by molar-refractivity contribution is 0.0587. The van der Waals surface area contributed by atoms with Gasteiger partial charge in [-0.05, 0) is 24.1 Å². The zero-order chi connectivity index (χ0) is 13.7. The summed E-state index contributed by atoms with van der Waals surface area (Å²) in [6.07, 6.45) is 0.345. The third kappa shape index (κ3) is 3.07. The number of carbonyl (C=O) groups is 1. The summed E-state index contributed by atoms with van der Waals surface area (Å²) in [5.74, 6) is -1.04. The first kappa shape index (κ1) is 14.6. The van der Waals surface area contributed by atoms with Crippen molar-refractivity contribution < 1.29 is 19.0 Å². The molecule has 0 spiro atoms. The summed E-state index contributed by atoms with van der Waals surface area (Å²) >= 11 is 0. The summed E-state index contributed by atoms with van der Waals surface area (Å²) < 4.78 is 18.3. The molecule has 1 atom stereocenters. The van der Waals surface area contributed by atoms with Gasteiger partial charge in [0.15, 0.2) is 17.3 Å². The molecular formula is C14H19FO3. The molecule has 1 N–H and O–H groups in total. The molecule has 0 aromatic heterocycles. The quantitative estimate of drug-likeness (QED) is 0.794. The fourth-order valence-electron chi connectivity index (χ4n) is 1.94. The van der Waals surface area contributed by atoms with Gasteiger partial charge in [-0.15, -0.1) is 0 Å². The van der Waals surface area contributed by atoms with E-state index in [2.05, 4.69) is 0 Å². The van der Waals surface area contributed by atoms with E-state index in [0.717, 1.165) is 6.07 Å². The van der Waals surface area contributed by atoms with Crippen LogP contribution in [0.2, 0.25) is 0 Å². The molecule has 0 saturated carbocycles. The normalized spacial score (nSPS) is 12.6. The van der Waals surface area contributed by atoms with E-state index in [4.69, 9.17) is 4.74 Å². The molecule has 1 aromatic carbocycles. The highest BCUT2D eigenvalue weighted by molar-refractivity contribution is 5.99. The van der Waals surface area contributed by atoms with Crippen molar-refractivity contribution in [3.05, 3.63) is 29.6 Å². The fourth-order valence-corrected chi connectivity index (χ4v) is 1.94. The number of hydrogen-bond donors (Lipinski definition) is 1. The molecule has 0 heterocycles. The highest BCUT2D eigenvalue weighted by atomic mass is 19.1. The van der Waals surface area contributed by atoms with Crippen LogP contribution in [-0.4, -0.2) is 24.1 Å². The van der Waals surface area contributed by atoms with E-state index in [0.29, 0.717) is 12.8 Å². The minimum absolute atomic E-state index is 0.0866. The molecule has 1 unspecified atom stereocenters. The second-order valence-corrected chi connectivity index (χ2v) is 4.23. The molecule has 18 heavy (non-hydrogen) atoms. The molecule has 0 aliphatic carbocycles. The van der Waals surface area contributed by atoms with E-state index in [9.17, 15) is 14.3 Å².